The van der Waals surface area contributed by atoms with Crippen LogP contribution in [-0.2, 0) is 4.84 Å². The van der Waals surface area contributed by atoms with Gasteiger partial charge in [-0.1, -0.05) is 13.3 Å². The summed E-state index contributed by atoms with van der Waals surface area (Å²) in [5.41, 5.74) is 2.76. The molecule has 0 fully saturated rings. The minimum atomic E-state index is 0.226. The van der Waals surface area contributed by atoms with Crippen LogP contribution in [0.4, 0.5) is 0 Å². The summed E-state index contributed by atoms with van der Waals surface area (Å²) in [5, 5.41) is 8.37. The molecule has 0 rings (SSSR count). The van der Waals surface area contributed by atoms with Crippen LogP contribution in [0.3, 0.4) is 0 Å². The maximum absolute atomic E-state index is 8.37. The first-order valence-corrected chi connectivity index (χ1v) is 3.87. The Morgan fingerprint density at radius 2 is 2.20 bits per heavy atom. The van der Waals surface area contributed by atoms with Gasteiger partial charge in [-0.15, -0.1) is 0 Å². The monoisotopic (exact) mass is 147 g/mol. The number of unbranched alkanes of at least 4 members (excludes halogenated alkanes) is 1. The van der Waals surface area contributed by atoms with E-state index in [0.29, 0.717) is 0 Å². The van der Waals surface area contributed by atoms with Gasteiger partial charge >= 0.3 is 0 Å². The fourth-order valence-corrected chi connectivity index (χ4v) is 0.512. The van der Waals surface area contributed by atoms with E-state index in [1.165, 1.54) is 0 Å². The Morgan fingerprint density at radius 3 is 2.80 bits per heavy atom. The molecule has 0 bridgehead atoms. The van der Waals surface area contributed by atoms with Gasteiger partial charge in [0.25, 0.3) is 0 Å². The molecule has 0 radical (unpaired) electrons. The Hall–Kier alpha value is -0.120. The molecule has 0 aromatic carbocycles. The first kappa shape index (κ1) is 9.88. The summed E-state index contributed by atoms with van der Waals surface area (Å²) in [4.78, 5) is 5.01. The molecule has 0 saturated carbocycles. The van der Waals surface area contributed by atoms with Crippen LogP contribution < -0.4 is 5.48 Å². The third kappa shape index (κ3) is 7.88. The van der Waals surface area contributed by atoms with Crippen LogP contribution in [0.15, 0.2) is 0 Å². The van der Waals surface area contributed by atoms with Crippen LogP contribution in [0.25, 0.3) is 0 Å². The summed E-state index contributed by atoms with van der Waals surface area (Å²) in [6.07, 6.45) is 3.00. The number of aliphatic hydroxyl groups excluding tert-OH is 1. The predicted octanol–water partition coefficient (Wildman–Crippen LogP) is 0.690. The molecular weight excluding hydrogens is 130 g/mol. The fraction of sp³-hybridized carbons (Fsp3) is 1.00. The molecule has 3 nitrogen and oxygen atoms in total. The van der Waals surface area contributed by atoms with Gasteiger partial charge in [0.2, 0.25) is 0 Å². The van der Waals surface area contributed by atoms with Gasteiger partial charge < -0.3 is 9.94 Å². The summed E-state index contributed by atoms with van der Waals surface area (Å²) < 4.78 is 0. The molecule has 0 amide bonds. The highest BCUT2D eigenvalue weighted by Crippen LogP contribution is 1.84. The first-order valence-electron chi connectivity index (χ1n) is 3.87. The summed E-state index contributed by atoms with van der Waals surface area (Å²) in [5.74, 6) is 0. The van der Waals surface area contributed by atoms with Crippen LogP contribution in [-0.4, -0.2) is 24.9 Å². The van der Waals surface area contributed by atoms with Crippen LogP contribution in [0, 0.1) is 0 Å². The highest BCUT2D eigenvalue weighted by Gasteiger charge is 1.85. The van der Waals surface area contributed by atoms with Gasteiger partial charge in [-0.2, -0.15) is 0 Å². The smallest absolute Gasteiger partial charge is 0.0682 e. The lowest BCUT2D eigenvalue weighted by atomic mass is 10.4. The topological polar surface area (TPSA) is 41.5 Å². The van der Waals surface area contributed by atoms with E-state index in [1.807, 2.05) is 0 Å². The SMILES string of the molecule is CCCCONCCCO. The zero-order valence-corrected chi connectivity index (χ0v) is 6.60. The fourth-order valence-electron chi connectivity index (χ4n) is 0.512. The molecule has 0 aromatic heterocycles. The van der Waals surface area contributed by atoms with E-state index in [2.05, 4.69) is 12.4 Å². The van der Waals surface area contributed by atoms with Crippen molar-refractivity contribution in [2.45, 2.75) is 26.2 Å². The second kappa shape index (κ2) is 8.88. The summed E-state index contributed by atoms with van der Waals surface area (Å²) in [6.45, 7) is 3.85. The van der Waals surface area contributed by atoms with Crippen LogP contribution in [0.2, 0.25) is 0 Å². The van der Waals surface area contributed by atoms with Crippen LogP contribution >= 0.6 is 0 Å². The predicted molar refractivity (Wildman–Crippen MR) is 40.6 cm³/mol. The Kier molecular flexibility index (Phi) is 8.77. The Labute approximate surface area is 62.3 Å². The van der Waals surface area contributed by atoms with E-state index in [9.17, 15) is 0 Å². The zero-order valence-electron chi connectivity index (χ0n) is 6.60. The lowest BCUT2D eigenvalue weighted by Gasteiger charge is -2.02. The van der Waals surface area contributed by atoms with Gasteiger partial charge in [0, 0.05) is 13.2 Å². The third-order valence-corrected chi connectivity index (χ3v) is 1.14. The third-order valence-electron chi connectivity index (χ3n) is 1.14. The van der Waals surface area contributed by atoms with Gasteiger partial charge in [0.15, 0.2) is 0 Å². The van der Waals surface area contributed by atoms with Gasteiger partial charge in [0.05, 0.1) is 6.61 Å². The number of aliphatic hydroxyl groups is 1. The zero-order chi connectivity index (χ0) is 7.66. The number of hydrogen-bond donors (Lipinski definition) is 2. The van der Waals surface area contributed by atoms with Crippen LogP contribution in [0.1, 0.15) is 26.2 Å². The van der Waals surface area contributed by atoms with Gasteiger partial charge in [-0.3, -0.25) is 0 Å². The minimum Gasteiger partial charge on any atom is -0.396 e. The molecule has 0 aliphatic heterocycles. The number of nitrogens with one attached hydrogen (secondary N) is 1. The average molecular weight is 147 g/mol. The van der Waals surface area contributed by atoms with Crippen molar-refractivity contribution in [1.82, 2.24) is 5.48 Å². The molecule has 0 aromatic rings. The van der Waals surface area contributed by atoms with Crippen molar-refractivity contribution in [3.8, 4) is 0 Å². The Balaban J connectivity index is 2.65. The van der Waals surface area contributed by atoms with Gasteiger partial charge in [0.1, 0.15) is 0 Å². The van der Waals surface area contributed by atoms with E-state index in [4.69, 9.17) is 9.94 Å². The lowest BCUT2D eigenvalue weighted by Crippen LogP contribution is -2.17. The molecule has 0 saturated heterocycles. The molecule has 0 spiro atoms. The molecule has 0 heterocycles. The summed E-state index contributed by atoms with van der Waals surface area (Å²) in [6, 6.07) is 0. The second-order valence-electron chi connectivity index (χ2n) is 2.17. The Morgan fingerprint density at radius 1 is 1.40 bits per heavy atom. The molecule has 10 heavy (non-hydrogen) atoms. The summed E-state index contributed by atoms with van der Waals surface area (Å²) >= 11 is 0. The van der Waals surface area contributed by atoms with Crippen molar-refractivity contribution in [3.05, 3.63) is 0 Å². The quantitative estimate of drug-likeness (QED) is 0.411. The number of rotatable bonds is 7. The van der Waals surface area contributed by atoms with Crippen molar-refractivity contribution < 1.29 is 9.94 Å². The average Bonchev–Trinajstić information content (AvgIpc) is 1.97. The van der Waals surface area contributed by atoms with Gasteiger partial charge in [-0.05, 0) is 12.8 Å². The van der Waals surface area contributed by atoms with Crippen LogP contribution in [0.5, 0.6) is 0 Å². The molecule has 2 N–H and O–H groups in total. The highest BCUT2D eigenvalue weighted by molar-refractivity contribution is 4.34. The standard InChI is InChI=1S/C7H17NO2/c1-2-3-7-10-8-5-4-6-9/h8-9H,2-7H2,1H3. The van der Waals surface area contributed by atoms with E-state index >= 15 is 0 Å². The van der Waals surface area contributed by atoms with Crippen molar-refractivity contribution in [2.24, 2.45) is 0 Å². The highest BCUT2D eigenvalue weighted by atomic mass is 16.6. The molecule has 0 aliphatic carbocycles. The van der Waals surface area contributed by atoms with E-state index in [1.54, 1.807) is 0 Å². The molecule has 3 heteroatoms. The minimum absolute atomic E-state index is 0.226. The van der Waals surface area contributed by atoms with E-state index < -0.39 is 0 Å². The maximum atomic E-state index is 8.37. The van der Waals surface area contributed by atoms with E-state index in [0.717, 1.165) is 32.4 Å². The largest absolute Gasteiger partial charge is 0.396 e. The summed E-state index contributed by atoms with van der Waals surface area (Å²) in [7, 11) is 0. The maximum Gasteiger partial charge on any atom is 0.0682 e. The molecule has 0 unspecified atom stereocenters. The number of hydrogen-bond acceptors (Lipinski definition) is 3. The molecule has 0 atom stereocenters. The van der Waals surface area contributed by atoms with Crippen molar-refractivity contribution >= 4 is 0 Å². The molecule has 62 valence electrons. The Bertz CT molecular complexity index is 51.6. The lowest BCUT2D eigenvalue weighted by molar-refractivity contribution is 0.0362. The molecular formula is C7H17NO2. The number of hydroxylamine groups is 1. The first-order chi connectivity index (χ1) is 4.91. The second-order valence-corrected chi connectivity index (χ2v) is 2.17. The van der Waals surface area contributed by atoms with Crippen molar-refractivity contribution in [2.75, 3.05) is 19.8 Å². The van der Waals surface area contributed by atoms with Gasteiger partial charge in [-0.25, -0.2) is 5.48 Å². The van der Waals surface area contributed by atoms with E-state index in [-0.39, 0.29) is 6.61 Å². The molecule has 0 aliphatic rings. The van der Waals surface area contributed by atoms with Crippen molar-refractivity contribution in [1.29, 1.82) is 0 Å². The van der Waals surface area contributed by atoms with Crippen molar-refractivity contribution in [3.63, 3.8) is 0 Å². The normalized spacial score (nSPS) is 10.2.